The maximum atomic E-state index is 13.8. The molecule has 2 aromatic rings. The van der Waals surface area contributed by atoms with Crippen molar-refractivity contribution >= 4 is 27.5 Å². The molecule has 198 valence electrons. The van der Waals surface area contributed by atoms with E-state index in [1.165, 1.54) is 4.31 Å². The van der Waals surface area contributed by atoms with E-state index < -0.39 is 22.0 Å². The largest absolute Gasteiger partial charge is 0.354 e. The van der Waals surface area contributed by atoms with Crippen LogP contribution in [0.4, 0.5) is 5.69 Å². The van der Waals surface area contributed by atoms with Crippen LogP contribution < -0.4 is 9.62 Å². The first kappa shape index (κ1) is 29.4. The molecule has 2 rings (SSSR count). The van der Waals surface area contributed by atoms with Crippen molar-refractivity contribution in [2.24, 2.45) is 5.92 Å². The van der Waals surface area contributed by atoms with Gasteiger partial charge >= 0.3 is 0 Å². The predicted molar refractivity (Wildman–Crippen MR) is 147 cm³/mol. The lowest BCUT2D eigenvalue weighted by Crippen LogP contribution is -2.53. The maximum absolute atomic E-state index is 13.8. The van der Waals surface area contributed by atoms with Gasteiger partial charge in [0.15, 0.2) is 0 Å². The Morgan fingerprint density at radius 3 is 2.11 bits per heavy atom. The van der Waals surface area contributed by atoms with Gasteiger partial charge in [-0.25, -0.2) is 8.42 Å². The van der Waals surface area contributed by atoms with Crippen molar-refractivity contribution < 1.29 is 18.0 Å². The van der Waals surface area contributed by atoms with Crippen molar-refractivity contribution in [3.05, 3.63) is 65.7 Å². The summed E-state index contributed by atoms with van der Waals surface area (Å²) in [5.74, 6) is -0.282. The molecule has 0 radical (unpaired) electrons. The molecule has 0 saturated carbocycles. The SMILES string of the molecule is CC[C@H](C(=O)NCC(C)C)N(CCc1ccccc1)C(=O)CN(c1ccccc1C(C)C)S(C)(=O)=O. The van der Waals surface area contributed by atoms with Crippen LogP contribution in [0.5, 0.6) is 0 Å². The number of para-hydroxylation sites is 1. The van der Waals surface area contributed by atoms with Gasteiger partial charge < -0.3 is 10.2 Å². The Kier molecular flexibility index (Phi) is 11.0. The van der Waals surface area contributed by atoms with Crippen LogP contribution in [0.15, 0.2) is 54.6 Å². The number of carbonyl (C=O) groups excluding carboxylic acids is 2. The second-order valence-electron chi connectivity index (χ2n) is 9.87. The predicted octanol–water partition coefficient (Wildman–Crippen LogP) is 4.20. The summed E-state index contributed by atoms with van der Waals surface area (Å²) >= 11 is 0. The average Bonchev–Trinajstić information content (AvgIpc) is 2.83. The molecule has 0 unspecified atom stereocenters. The Hall–Kier alpha value is -2.87. The minimum absolute atomic E-state index is 0.0694. The molecular formula is C28H41N3O4S. The van der Waals surface area contributed by atoms with Crippen molar-refractivity contribution in [3.8, 4) is 0 Å². The Morgan fingerprint density at radius 1 is 0.944 bits per heavy atom. The molecule has 0 saturated heterocycles. The first-order valence-electron chi connectivity index (χ1n) is 12.6. The highest BCUT2D eigenvalue weighted by Gasteiger charge is 2.32. The van der Waals surface area contributed by atoms with Gasteiger partial charge in [-0.05, 0) is 41.9 Å². The molecule has 7 nitrogen and oxygen atoms in total. The first-order valence-corrected chi connectivity index (χ1v) is 14.5. The highest BCUT2D eigenvalue weighted by Crippen LogP contribution is 2.29. The molecule has 0 bridgehead atoms. The first-order chi connectivity index (χ1) is 17.0. The number of sulfonamides is 1. The molecule has 2 amide bonds. The van der Waals surface area contributed by atoms with Gasteiger partial charge in [0, 0.05) is 13.1 Å². The van der Waals surface area contributed by atoms with E-state index in [-0.39, 0.29) is 24.3 Å². The minimum atomic E-state index is -3.76. The zero-order valence-corrected chi connectivity index (χ0v) is 23.2. The van der Waals surface area contributed by atoms with E-state index in [0.717, 1.165) is 17.4 Å². The Bertz CT molecular complexity index is 1100. The van der Waals surface area contributed by atoms with Gasteiger partial charge in [0.2, 0.25) is 21.8 Å². The normalized spacial score (nSPS) is 12.4. The van der Waals surface area contributed by atoms with Crippen LogP contribution in [-0.4, -0.2) is 57.1 Å². The number of amides is 2. The van der Waals surface area contributed by atoms with Crippen molar-refractivity contribution in [2.75, 3.05) is 30.2 Å². The molecule has 8 heteroatoms. The van der Waals surface area contributed by atoms with Crippen molar-refractivity contribution in [1.82, 2.24) is 10.2 Å². The Labute approximate surface area is 216 Å². The number of benzene rings is 2. The summed E-state index contributed by atoms with van der Waals surface area (Å²) in [7, 11) is -3.76. The molecule has 0 fully saturated rings. The number of carbonyl (C=O) groups is 2. The van der Waals surface area contributed by atoms with Crippen LogP contribution in [0.25, 0.3) is 0 Å². The summed E-state index contributed by atoms with van der Waals surface area (Å²) in [6.07, 6.45) is 2.09. The van der Waals surface area contributed by atoms with E-state index in [4.69, 9.17) is 0 Å². The van der Waals surface area contributed by atoms with E-state index in [2.05, 4.69) is 5.32 Å². The Morgan fingerprint density at radius 2 is 1.56 bits per heavy atom. The van der Waals surface area contributed by atoms with Crippen LogP contribution in [0.1, 0.15) is 58.1 Å². The van der Waals surface area contributed by atoms with Crippen LogP contribution in [0.3, 0.4) is 0 Å². The van der Waals surface area contributed by atoms with E-state index in [9.17, 15) is 18.0 Å². The van der Waals surface area contributed by atoms with Crippen LogP contribution in [-0.2, 0) is 26.0 Å². The quantitative estimate of drug-likeness (QED) is 0.433. The molecule has 0 aliphatic carbocycles. The lowest BCUT2D eigenvalue weighted by molar-refractivity contribution is -0.139. The molecule has 0 aliphatic rings. The third-order valence-corrected chi connectivity index (χ3v) is 7.19. The van der Waals surface area contributed by atoms with Gasteiger partial charge in [-0.15, -0.1) is 0 Å². The number of hydrogen-bond acceptors (Lipinski definition) is 4. The zero-order valence-electron chi connectivity index (χ0n) is 22.4. The van der Waals surface area contributed by atoms with Crippen LogP contribution >= 0.6 is 0 Å². The number of hydrogen-bond donors (Lipinski definition) is 1. The fourth-order valence-electron chi connectivity index (χ4n) is 4.12. The molecular weight excluding hydrogens is 474 g/mol. The van der Waals surface area contributed by atoms with Crippen molar-refractivity contribution in [3.63, 3.8) is 0 Å². The number of nitrogens with one attached hydrogen (secondary N) is 1. The summed E-state index contributed by atoms with van der Waals surface area (Å²) in [5.41, 5.74) is 2.37. The number of rotatable bonds is 13. The average molecular weight is 516 g/mol. The van der Waals surface area contributed by atoms with Crippen LogP contribution in [0, 0.1) is 5.92 Å². The lowest BCUT2D eigenvalue weighted by atomic mass is 10.0. The van der Waals surface area contributed by atoms with Gasteiger partial charge in [-0.1, -0.05) is 83.1 Å². The third kappa shape index (κ3) is 8.36. The molecule has 0 heterocycles. The zero-order chi connectivity index (χ0) is 26.9. The highest BCUT2D eigenvalue weighted by molar-refractivity contribution is 7.92. The van der Waals surface area contributed by atoms with Gasteiger partial charge in [0.05, 0.1) is 11.9 Å². The standard InChI is InChI=1S/C28H41N3O4S/c1-7-25(28(33)29-19-21(2)3)30(18-17-23-13-9-8-10-14-23)27(32)20-31(36(6,34)35)26-16-12-11-15-24(26)22(4)5/h8-16,21-22,25H,7,17-20H2,1-6H3,(H,29,33)/t25-/m1/s1. The van der Waals surface area contributed by atoms with Crippen molar-refractivity contribution in [2.45, 2.75) is 59.4 Å². The number of nitrogens with zero attached hydrogens (tertiary/aromatic N) is 2. The second-order valence-corrected chi connectivity index (χ2v) is 11.8. The Balaban J connectivity index is 2.41. The summed E-state index contributed by atoms with van der Waals surface area (Å²) < 4.78 is 26.9. The van der Waals surface area contributed by atoms with Gasteiger partial charge in [0.25, 0.3) is 0 Å². The molecule has 0 aromatic heterocycles. The topological polar surface area (TPSA) is 86.8 Å². The van der Waals surface area contributed by atoms with Gasteiger partial charge in [-0.3, -0.25) is 13.9 Å². The molecule has 2 aromatic carbocycles. The smallest absolute Gasteiger partial charge is 0.244 e. The fourth-order valence-corrected chi connectivity index (χ4v) is 4.98. The molecule has 36 heavy (non-hydrogen) atoms. The van der Waals surface area contributed by atoms with Gasteiger partial charge in [0.1, 0.15) is 12.6 Å². The molecule has 1 N–H and O–H groups in total. The van der Waals surface area contributed by atoms with E-state index in [1.807, 2.05) is 77.1 Å². The van der Waals surface area contributed by atoms with E-state index in [1.54, 1.807) is 17.0 Å². The monoisotopic (exact) mass is 515 g/mol. The van der Waals surface area contributed by atoms with E-state index >= 15 is 0 Å². The highest BCUT2D eigenvalue weighted by atomic mass is 32.2. The fraction of sp³-hybridized carbons (Fsp3) is 0.500. The summed E-state index contributed by atoms with van der Waals surface area (Å²) in [5, 5.41) is 2.94. The summed E-state index contributed by atoms with van der Waals surface area (Å²) in [6.45, 7) is 10.3. The molecule has 0 aliphatic heterocycles. The lowest BCUT2D eigenvalue weighted by Gasteiger charge is -2.33. The minimum Gasteiger partial charge on any atom is -0.354 e. The number of anilines is 1. The molecule has 1 atom stereocenters. The van der Waals surface area contributed by atoms with E-state index in [0.29, 0.717) is 31.6 Å². The van der Waals surface area contributed by atoms with Crippen molar-refractivity contribution in [1.29, 1.82) is 0 Å². The van der Waals surface area contributed by atoms with Gasteiger partial charge in [-0.2, -0.15) is 0 Å². The van der Waals surface area contributed by atoms with Crippen LogP contribution in [0.2, 0.25) is 0 Å². The summed E-state index contributed by atoms with van der Waals surface area (Å²) in [6, 6.07) is 16.3. The summed E-state index contributed by atoms with van der Waals surface area (Å²) in [4.78, 5) is 28.4. The molecule has 0 spiro atoms. The third-order valence-electron chi connectivity index (χ3n) is 6.06. The maximum Gasteiger partial charge on any atom is 0.244 e. The second kappa shape index (κ2) is 13.4.